The monoisotopic (exact) mass is 239 g/mol. The first-order valence-electron chi connectivity index (χ1n) is 6.28. The molecule has 1 aromatic heterocycles. The first-order valence-corrected chi connectivity index (χ1v) is 7.09. The van der Waals surface area contributed by atoms with Gasteiger partial charge in [0, 0.05) is 6.54 Å². The summed E-state index contributed by atoms with van der Waals surface area (Å²) in [6, 6.07) is 0. The van der Waals surface area contributed by atoms with Gasteiger partial charge in [-0.3, -0.25) is 0 Å². The minimum absolute atomic E-state index is 0.922. The summed E-state index contributed by atoms with van der Waals surface area (Å²) in [5.41, 5.74) is 0. The van der Waals surface area contributed by atoms with Crippen LogP contribution in [0, 0.1) is 18.8 Å². The molecule has 1 saturated carbocycles. The van der Waals surface area contributed by atoms with Gasteiger partial charge in [0.05, 0.1) is 0 Å². The lowest BCUT2D eigenvalue weighted by atomic mass is 9.81. The Morgan fingerprint density at radius 3 is 2.94 bits per heavy atom. The summed E-state index contributed by atoms with van der Waals surface area (Å²) in [5.74, 6) is 1.85. The second-order valence-electron chi connectivity index (χ2n) is 4.98. The van der Waals surface area contributed by atoms with E-state index < -0.39 is 0 Å². The predicted molar refractivity (Wildman–Crippen MR) is 68.9 cm³/mol. The zero-order valence-corrected chi connectivity index (χ0v) is 11.0. The largest absolute Gasteiger partial charge is 0.360 e. The number of rotatable bonds is 4. The maximum absolute atomic E-state index is 4.07. The third-order valence-electron chi connectivity index (χ3n) is 3.40. The molecule has 2 unspecified atom stereocenters. The lowest BCUT2D eigenvalue weighted by Gasteiger charge is -2.26. The Morgan fingerprint density at radius 2 is 2.25 bits per heavy atom. The standard InChI is InChI=1S/C12H21N3S/c1-9-4-3-5-11(8-9)6-7-13-12-15-14-10(2)16-12/h9,11H,3-8H2,1-2H3,(H,13,15). The van der Waals surface area contributed by atoms with E-state index in [4.69, 9.17) is 0 Å². The highest BCUT2D eigenvalue weighted by atomic mass is 32.1. The number of nitrogens with zero attached hydrogens (tertiary/aromatic N) is 2. The van der Waals surface area contributed by atoms with Crippen molar-refractivity contribution < 1.29 is 0 Å². The molecule has 1 aliphatic carbocycles. The van der Waals surface area contributed by atoms with Crippen LogP contribution in [0.5, 0.6) is 0 Å². The molecule has 1 fully saturated rings. The van der Waals surface area contributed by atoms with Gasteiger partial charge < -0.3 is 5.32 Å². The molecule has 0 saturated heterocycles. The van der Waals surface area contributed by atoms with Crippen LogP contribution in [0.1, 0.15) is 44.0 Å². The molecule has 1 heterocycles. The molecule has 3 nitrogen and oxygen atoms in total. The Hall–Kier alpha value is -0.640. The van der Waals surface area contributed by atoms with Crippen LogP contribution in [0.3, 0.4) is 0 Å². The molecule has 0 radical (unpaired) electrons. The van der Waals surface area contributed by atoms with Crippen molar-refractivity contribution in [1.29, 1.82) is 0 Å². The van der Waals surface area contributed by atoms with Crippen molar-refractivity contribution in [3.05, 3.63) is 5.01 Å². The van der Waals surface area contributed by atoms with Crippen LogP contribution in [0.15, 0.2) is 0 Å². The van der Waals surface area contributed by atoms with Crippen molar-refractivity contribution in [3.8, 4) is 0 Å². The summed E-state index contributed by atoms with van der Waals surface area (Å²) in [6.07, 6.45) is 6.96. The second-order valence-corrected chi connectivity index (χ2v) is 6.16. The number of hydrogen-bond donors (Lipinski definition) is 1. The van der Waals surface area contributed by atoms with Crippen LogP contribution >= 0.6 is 11.3 Å². The molecule has 1 aliphatic rings. The Morgan fingerprint density at radius 1 is 1.38 bits per heavy atom. The molecule has 0 aromatic carbocycles. The van der Waals surface area contributed by atoms with E-state index >= 15 is 0 Å². The molecular weight excluding hydrogens is 218 g/mol. The van der Waals surface area contributed by atoms with Gasteiger partial charge in [0.1, 0.15) is 5.01 Å². The molecule has 1 N–H and O–H groups in total. The van der Waals surface area contributed by atoms with Gasteiger partial charge in [-0.05, 0) is 31.6 Å². The molecule has 0 amide bonds. The van der Waals surface area contributed by atoms with Crippen molar-refractivity contribution in [1.82, 2.24) is 10.2 Å². The summed E-state index contributed by atoms with van der Waals surface area (Å²) in [6.45, 7) is 5.42. The molecule has 4 heteroatoms. The summed E-state index contributed by atoms with van der Waals surface area (Å²) in [7, 11) is 0. The summed E-state index contributed by atoms with van der Waals surface area (Å²) in [4.78, 5) is 0. The average molecular weight is 239 g/mol. The smallest absolute Gasteiger partial charge is 0.205 e. The molecule has 2 rings (SSSR count). The van der Waals surface area contributed by atoms with E-state index in [1.54, 1.807) is 11.3 Å². The van der Waals surface area contributed by atoms with Crippen molar-refractivity contribution in [2.24, 2.45) is 11.8 Å². The summed E-state index contributed by atoms with van der Waals surface area (Å²) >= 11 is 1.64. The zero-order valence-electron chi connectivity index (χ0n) is 10.2. The fourth-order valence-corrected chi connectivity index (χ4v) is 3.19. The zero-order chi connectivity index (χ0) is 11.4. The van der Waals surface area contributed by atoms with Crippen LogP contribution in [0.4, 0.5) is 5.13 Å². The molecule has 1 aromatic rings. The molecule has 0 aliphatic heterocycles. The molecule has 0 spiro atoms. The van der Waals surface area contributed by atoms with E-state index in [9.17, 15) is 0 Å². The number of anilines is 1. The van der Waals surface area contributed by atoms with Gasteiger partial charge in [-0.1, -0.05) is 37.5 Å². The van der Waals surface area contributed by atoms with E-state index in [-0.39, 0.29) is 0 Å². The van der Waals surface area contributed by atoms with Gasteiger partial charge >= 0.3 is 0 Å². The fourth-order valence-electron chi connectivity index (χ4n) is 2.57. The Labute approximate surface area is 102 Å². The quantitative estimate of drug-likeness (QED) is 0.874. The number of hydrogen-bond acceptors (Lipinski definition) is 4. The molecule has 0 bridgehead atoms. The third-order valence-corrected chi connectivity index (χ3v) is 4.20. The van der Waals surface area contributed by atoms with E-state index in [2.05, 4.69) is 22.4 Å². The Kier molecular flexibility index (Phi) is 4.16. The van der Waals surface area contributed by atoms with Crippen molar-refractivity contribution in [2.75, 3.05) is 11.9 Å². The van der Waals surface area contributed by atoms with Gasteiger partial charge in [0.2, 0.25) is 5.13 Å². The van der Waals surface area contributed by atoms with Gasteiger partial charge in [-0.2, -0.15) is 0 Å². The van der Waals surface area contributed by atoms with E-state index in [0.29, 0.717) is 0 Å². The van der Waals surface area contributed by atoms with Crippen molar-refractivity contribution in [2.45, 2.75) is 46.0 Å². The molecule has 2 atom stereocenters. The van der Waals surface area contributed by atoms with Crippen LogP contribution in [-0.4, -0.2) is 16.7 Å². The molecular formula is C12H21N3S. The lowest BCUT2D eigenvalue weighted by molar-refractivity contribution is 0.274. The maximum Gasteiger partial charge on any atom is 0.205 e. The van der Waals surface area contributed by atoms with Crippen LogP contribution in [-0.2, 0) is 0 Å². The van der Waals surface area contributed by atoms with Crippen molar-refractivity contribution in [3.63, 3.8) is 0 Å². The van der Waals surface area contributed by atoms with E-state index in [1.807, 2.05) is 6.92 Å². The Balaban J connectivity index is 1.67. The topological polar surface area (TPSA) is 37.8 Å². The summed E-state index contributed by atoms with van der Waals surface area (Å²) < 4.78 is 0. The highest BCUT2D eigenvalue weighted by Crippen LogP contribution is 2.30. The van der Waals surface area contributed by atoms with Crippen molar-refractivity contribution >= 4 is 16.5 Å². The SMILES string of the molecule is Cc1nnc(NCCC2CCCC(C)C2)s1. The molecule has 90 valence electrons. The summed E-state index contributed by atoms with van der Waals surface area (Å²) in [5, 5.41) is 13.5. The maximum atomic E-state index is 4.07. The second kappa shape index (κ2) is 5.62. The minimum Gasteiger partial charge on any atom is -0.360 e. The van der Waals surface area contributed by atoms with E-state index in [1.165, 1.54) is 32.1 Å². The molecule has 16 heavy (non-hydrogen) atoms. The highest BCUT2D eigenvalue weighted by Gasteiger charge is 2.18. The van der Waals surface area contributed by atoms with Crippen LogP contribution in [0.25, 0.3) is 0 Å². The van der Waals surface area contributed by atoms with Crippen LogP contribution in [0.2, 0.25) is 0 Å². The van der Waals surface area contributed by atoms with Gasteiger partial charge in [0.15, 0.2) is 0 Å². The predicted octanol–water partition coefficient (Wildman–Crippen LogP) is 3.47. The highest BCUT2D eigenvalue weighted by molar-refractivity contribution is 7.15. The number of aromatic nitrogens is 2. The van der Waals surface area contributed by atoms with Gasteiger partial charge in [-0.15, -0.1) is 10.2 Å². The number of aryl methyl sites for hydroxylation is 1. The van der Waals surface area contributed by atoms with Gasteiger partial charge in [-0.25, -0.2) is 0 Å². The Bertz CT molecular complexity index is 324. The minimum atomic E-state index is 0.922. The number of nitrogens with one attached hydrogen (secondary N) is 1. The fraction of sp³-hybridized carbons (Fsp3) is 0.833. The van der Waals surface area contributed by atoms with Crippen LogP contribution < -0.4 is 5.32 Å². The van der Waals surface area contributed by atoms with E-state index in [0.717, 1.165) is 28.5 Å². The normalized spacial score (nSPS) is 25.6. The third kappa shape index (κ3) is 3.44. The first-order chi connectivity index (χ1) is 7.74. The van der Waals surface area contributed by atoms with Gasteiger partial charge in [0.25, 0.3) is 0 Å². The average Bonchev–Trinajstić information content (AvgIpc) is 2.64. The first kappa shape index (κ1) is 11.8. The lowest BCUT2D eigenvalue weighted by Crippen LogP contribution is -2.16.